The Bertz CT molecular complexity index is 2010. The van der Waals surface area contributed by atoms with Crippen molar-refractivity contribution in [2.75, 3.05) is 0 Å². The van der Waals surface area contributed by atoms with Crippen LogP contribution in [0.25, 0.3) is 76.2 Å². The highest BCUT2D eigenvalue weighted by molar-refractivity contribution is 6.25. The van der Waals surface area contributed by atoms with E-state index in [-0.39, 0.29) is 0 Å². The molecule has 1 nitrogen and oxygen atoms in total. The summed E-state index contributed by atoms with van der Waals surface area (Å²) in [5.41, 5.74) is 4.38. The van der Waals surface area contributed by atoms with Crippen LogP contribution in [0.2, 0.25) is 0 Å². The van der Waals surface area contributed by atoms with Gasteiger partial charge in [-0.15, -0.1) is 0 Å². The van der Waals surface area contributed by atoms with E-state index in [2.05, 4.69) is 109 Å². The van der Waals surface area contributed by atoms with Gasteiger partial charge in [0.05, 0.1) is 0 Å². The molecule has 1 heterocycles. The summed E-state index contributed by atoms with van der Waals surface area (Å²) in [6.45, 7) is 0. The maximum Gasteiger partial charge on any atom is 0.143 e. The molecule has 0 atom stereocenters. The maximum atomic E-state index is 6.34. The quantitative estimate of drug-likeness (QED) is 0.242. The lowest BCUT2D eigenvalue weighted by molar-refractivity contribution is 0.672. The lowest BCUT2D eigenvalue weighted by Crippen LogP contribution is -1.87. The van der Waals surface area contributed by atoms with Crippen LogP contribution >= 0.6 is 0 Å². The second kappa shape index (κ2) is 6.11. The summed E-state index contributed by atoms with van der Waals surface area (Å²) < 4.78 is 6.34. The van der Waals surface area contributed by atoms with Crippen molar-refractivity contribution in [2.45, 2.75) is 0 Å². The highest BCUT2D eigenvalue weighted by Crippen LogP contribution is 2.41. The van der Waals surface area contributed by atoms with Crippen LogP contribution in [-0.2, 0) is 0 Å². The Hall–Kier alpha value is -4.36. The Morgan fingerprint density at radius 2 is 1.12 bits per heavy atom. The third kappa shape index (κ3) is 2.26. The van der Waals surface area contributed by atoms with Crippen LogP contribution in [0.5, 0.6) is 0 Å². The topological polar surface area (TPSA) is 13.1 Å². The van der Waals surface area contributed by atoms with Crippen LogP contribution in [-0.4, -0.2) is 0 Å². The van der Waals surface area contributed by atoms with E-state index in [0.717, 1.165) is 16.6 Å². The smallest absolute Gasteiger partial charge is 0.143 e. The van der Waals surface area contributed by atoms with Gasteiger partial charge in [-0.1, -0.05) is 91.0 Å². The maximum absolute atomic E-state index is 6.34. The molecular weight excluding hydrogens is 400 g/mol. The molecule has 8 aromatic rings. The summed E-state index contributed by atoms with van der Waals surface area (Å²) in [7, 11) is 0. The van der Waals surface area contributed by atoms with E-state index < -0.39 is 0 Å². The summed E-state index contributed by atoms with van der Waals surface area (Å²) in [6, 6.07) is 39.5. The minimum absolute atomic E-state index is 0.933. The molecule has 0 aliphatic rings. The van der Waals surface area contributed by atoms with Gasteiger partial charge >= 0.3 is 0 Å². The van der Waals surface area contributed by atoms with Gasteiger partial charge < -0.3 is 4.42 Å². The fourth-order valence-corrected chi connectivity index (χ4v) is 5.66. The zero-order chi connectivity index (χ0) is 21.5. The van der Waals surface area contributed by atoms with E-state index in [1.54, 1.807) is 0 Å². The van der Waals surface area contributed by atoms with Crippen LogP contribution in [0.15, 0.2) is 114 Å². The molecule has 0 aliphatic carbocycles. The van der Waals surface area contributed by atoms with Gasteiger partial charge in [-0.25, -0.2) is 0 Å². The molecule has 0 spiro atoms. The van der Waals surface area contributed by atoms with Crippen molar-refractivity contribution in [2.24, 2.45) is 0 Å². The van der Waals surface area contributed by atoms with Crippen LogP contribution in [0, 0.1) is 0 Å². The van der Waals surface area contributed by atoms with Gasteiger partial charge in [0.1, 0.15) is 11.2 Å². The third-order valence-corrected chi connectivity index (χ3v) is 7.20. The first-order chi connectivity index (χ1) is 16.3. The molecule has 0 fully saturated rings. The van der Waals surface area contributed by atoms with Crippen LogP contribution in [0.1, 0.15) is 0 Å². The average Bonchev–Trinajstić information content (AvgIpc) is 3.26. The standard InChI is InChI=1S/C32H18O/c1-2-7-25-19(4-1)10-16-27-28-18-23(13-17-29(28)33-32(25)27)24-14-11-22-9-8-20-5-3-6-21-12-15-26(24)31(22)30(20)21/h1-18H. The predicted molar refractivity (Wildman–Crippen MR) is 140 cm³/mol. The van der Waals surface area contributed by atoms with Crippen molar-refractivity contribution < 1.29 is 4.42 Å². The Morgan fingerprint density at radius 3 is 2.03 bits per heavy atom. The van der Waals surface area contributed by atoms with E-state index in [4.69, 9.17) is 4.42 Å². The van der Waals surface area contributed by atoms with E-state index in [0.29, 0.717) is 0 Å². The van der Waals surface area contributed by atoms with Crippen molar-refractivity contribution in [1.82, 2.24) is 0 Å². The first-order valence-corrected chi connectivity index (χ1v) is 11.4. The number of rotatable bonds is 1. The van der Waals surface area contributed by atoms with E-state index in [1.807, 2.05) is 0 Å². The molecule has 1 heteroatoms. The highest BCUT2D eigenvalue weighted by Gasteiger charge is 2.14. The summed E-state index contributed by atoms with van der Waals surface area (Å²) >= 11 is 0. The zero-order valence-corrected chi connectivity index (χ0v) is 17.8. The van der Waals surface area contributed by atoms with Gasteiger partial charge in [-0.3, -0.25) is 0 Å². The first-order valence-electron chi connectivity index (χ1n) is 11.4. The van der Waals surface area contributed by atoms with E-state index >= 15 is 0 Å². The molecule has 7 aromatic carbocycles. The zero-order valence-electron chi connectivity index (χ0n) is 17.8. The Labute approximate surface area is 189 Å². The molecule has 1 aromatic heterocycles. The number of hydrogen-bond donors (Lipinski definition) is 0. The number of benzene rings is 7. The van der Waals surface area contributed by atoms with Gasteiger partial charge in [0.2, 0.25) is 0 Å². The molecule has 0 saturated carbocycles. The second-order valence-corrected chi connectivity index (χ2v) is 8.95. The Balaban J connectivity index is 1.45. The van der Waals surface area contributed by atoms with Gasteiger partial charge in [-0.2, -0.15) is 0 Å². The van der Waals surface area contributed by atoms with Gasteiger partial charge in [0.15, 0.2) is 0 Å². The Kier molecular flexibility index (Phi) is 3.19. The fourth-order valence-electron chi connectivity index (χ4n) is 5.66. The van der Waals surface area contributed by atoms with Crippen LogP contribution in [0.3, 0.4) is 0 Å². The summed E-state index contributed by atoms with van der Waals surface area (Å²) in [4.78, 5) is 0. The fraction of sp³-hybridized carbons (Fsp3) is 0. The van der Waals surface area contributed by atoms with E-state index in [9.17, 15) is 0 Å². The molecule has 0 N–H and O–H groups in total. The van der Waals surface area contributed by atoms with Crippen molar-refractivity contribution >= 4 is 65.0 Å². The van der Waals surface area contributed by atoms with Crippen molar-refractivity contribution in [3.63, 3.8) is 0 Å². The third-order valence-electron chi connectivity index (χ3n) is 7.20. The number of fused-ring (bicyclic) bond motifs is 5. The molecule has 0 aliphatic heterocycles. The van der Waals surface area contributed by atoms with Crippen molar-refractivity contribution in [1.29, 1.82) is 0 Å². The molecule has 0 saturated heterocycles. The van der Waals surface area contributed by atoms with Crippen molar-refractivity contribution in [3.8, 4) is 11.1 Å². The molecule has 0 amide bonds. The molecule has 33 heavy (non-hydrogen) atoms. The average molecular weight is 418 g/mol. The lowest BCUT2D eigenvalue weighted by Gasteiger charge is -2.14. The summed E-state index contributed by atoms with van der Waals surface area (Å²) in [5, 5.41) is 12.6. The second-order valence-electron chi connectivity index (χ2n) is 8.95. The first kappa shape index (κ1) is 17.2. The largest absolute Gasteiger partial charge is 0.455 e. The molecule has 8 rings (SSSR count). The molecule has 0 radical (unpaired) electrons. The van der Waals surface area contributed by atoms with Gasteiger partial charge in [0.25, 0.3) is 0 Å². The number of hydrogen-bond acceptors (Lipinski definition) is 1. The Morgan fingerprint density at radius 1 is 0.424 bits per heavy atom. The monoisotopic (exact) mass is 418 g/mol. The predicted octanol–water partition coefficient (Wildman–Crippen LogP) is 9.30. The summed E-state index contributed by atoms with van der Waals surface area (Å²) in [5.74, 6) is 0. The van der Waals surface area contributed by atoms with Gasteiger partial charge in [-0.05, 0) is 67.0 Å². The van der Waals surface area contributed by atoms with Crippen LogP contribution in [0.4, 0.5) is 0 Å². The molecular formula is C32H18O. The molecule has 0 bridgehead atoms. The number of furan rings is 1. The minimum atomic E-state index is 0.933. The molecule has 152 valence electrons. The van der Waals surface area contributed by atoms with Crippen molar-refractivity contribution in [3.05, 3.63) is 109 Å². The summed E-state index contributed by atoms with van der Waals surface area (Å²) in [6.07, 6.45) is 0. The minimum Gasteiger partial charge on any atom is -0.455 e. The van der Waals surface area contributed by atoms with E-state index in [1.165, 1.54) is 59.6 Å². The van der Waals surface area contributed by atoms with Crippen LogP contribution < -0.4 is 0 Å². The normalized spacial score (nSPS) is 12.2. The molecule has 0 unspecified atom stereocenters. The SMILES string of the molecule is c1ccc2c(c1)ccc1c3cc(-c4ccc5ccc6cccc7ccc4c5c67)ccc3oc21. The highest BCUT2D eigenvalue weighted by atomic mass is 16.3. The van der Waals surface area contributed by atoms with Gasteiger partial charge in [0, 0.05) is 16.2 Å². The lowest BCUT2D eigenvalue weighted by atomic mass is 9.89.